The second-order valence-corrected chi connectivity index (χ2v) is 11.2. The van der Waals surface area contributed by atoms with E-state index in [-0.39, 0.29) is 0 Å². The van der Waals surface area contributed by atoms with Crippen LogP contribution in [0.25, 0.3) is 89.8 Å². The van der Waals surface area contributed by atoms with Crippen molar-refractivity contribution in [1.82, 2.24) is 29.9 Å². The van der Waals surface area contributed by atoms with Crippen LogP contribution in [0, 0.1) is 0 Å². The first kappa shape index (κ1) is 26.8. The molecular formula is C40H24N6O. The van der Waals surface area contributed by atoms with Crippen LogP contribution in [0.15, 0.2) is 150 Å². The fourth-order valence-electron chi connectivity index (χ4n) is 5.83. The van der Waals surface area contributed by atoms with Gasteiger partial charge in [-0.25, -0.2) is 29.9 Å². The Kier molecular flexibility index (Phi) is 6.31. The maximum absolute atomic E-state index is 6.01. The molecule has 0 amide bonds. The Labute approximate surface area is 269 Å². The van der Waals surface area contributed by atoms with Gasteiger partial charge in [0.25, 0.3) is 0 Å². The van der Waals surface area contributed by atoms with E-state index in [0.29, 0.717) is 34.7 Å². The van der Waals surface area contributed by atoms with Crippen molar-refractivity contribution in [2.24, 2.45) is 0 Å². The number of pyridine rings is 1. The molecule has 5 aromatic carbocycles. The van der Waals surface area contributed by atoms with Gasteiger partial charge >= 0.3 is 0 Å². The highest BCUT2D eigenvalue weighted by Gasteiger charge is 2.14. The summed E-state index contributed by atoms with van der Waals surface area (Å²) in [6.45, 7) is 0. The second kappa shape index (κ2) is 11.1. The highest BCUT2D eigenvalue weighted by atomic mass is 16.3. The van der Waals surface area contributed by atoms with Crippen LogP contribution in [0.2, 0.25) is 0 Å². The highest BCUT2D eigenvalue weighted by molar-refractivity contribution is 6.03. The number of rotatable bonds is 5. The van der Waals surface area contributed by atoms with Crippen molar-refractivity contribution >= 4 is 33.0 Å². The van der Waals surface area contributed by atoms with Gasteiger partial charge in [0.05, 0.1) is 5.52 Å². The minimum Gasteiger partial charge on any atom is -0.438 e. The molecule has 4 heterocycles. The zero-order valence-electron chi connectivity index (χ0n) is 24.9. The normalized spacial score (nSPS) is 11.4. The minimum atomic E-state index is 0.540. The summed E-state index contributed by atoms with van der Waals surface area (Å²) in [5.74, 6) is 2.41. The molecule has 47 heavy (non-hydrogen) atoms. The van der Waals surface area contributed by atoms with E-state index in [0.717, 1.165) is 55.1 Å². The van der Waals surface area contributed by atoms with Gasteiger partial charge in [0.1, 0.15) is 11.3 Å². The maximum Gasteiger partial charge on any atom is 0.227 e. The molecule has 0 aliphatic carbocycles. The SMILES string of the molecule is c1ccc(-c2nc(-c3ccccc3)nc(-c3cccc(-c4ccc5cnc(-c6ccc7c(n6)oc6ccccc67)nc5c4)c3)n2)cc1. The Hall–Kier alpha value is -6.60. The molecule has 0 fully saturated rings. The van der Waals surface area contributed by atoms with Gasteiger partial charge in [0, 0.05) is 39.0 Å². The molecular weight excluding hydrogens is 580 g/mol. The Morgan fingerprint density at radius 2 is 1.04 bits per heavy atom. The fraction of sp³-hybridized carbons (Fsp3) is 0. The van der Waals surface area contributed by atoms with Crippen LogP contribution in [-0.4, -0.2) is 29.9 Å². The summed E-state index contributed by atoms with van der Waals surface area (Å²) in [6.07, 6.45) is 1.84. The van der Waals surface area contributed by atoms with E-state index in [1.165, 1.54) is 0 Å². The minimum absolute atomic E-state index is 0.540. The number of aromatic nitrogens is 6. The lowest BCUT2D eigenvalue weighted by Crippen LogP contribution is -2.00. The lowest BCUT2D eigenvalue weighted by Gasteiger charge is -2.10. The largest absolute Gasteiger partial charge is 0.438 e. The standard InChI is InChI=1S/C40H24N6O/c1-3-10-25(11-4-1)36-44-37(26-12-5-2-6-13-26)46-38(45-36)29-15-9-14-27(22-29)28-18-19-30-24-41-39(42-34(30)23-28)33-21-20-32-31-16-7-8-17-35(31)47-40(32)43-33/h1-24H. The van der Waals surface area contributed by atoms with Crippen LogP contribution in [0.4, 0.5) is 0 Å². The van der Waals surface area contributed by atoms with E-state index in [9.17, 15) is 0 Å². The molecule has 0 saturated heterocycles. The van der Waals surface area contributed by atoms with Crippen LogP contribution in [-0.2, 0) is 0 Å². The third kappa shape index (κ3) is 4.96. The molecule has 220 valence electrons. The van der Waals surface area contributed by atoms with Crippen LogP contribution < -0.4 is 0 Å². The van der Waals surface area contributed by atoms with Crippen molar-refractivity contribution in [3.05, 3.63) is 146 Å². The Bertz CT molecular complexity index is 2520. The number of hydrogen-bond donors (Lipinski definition) is 0. The number of nitrogens with zero attached hydrogens (tertiary/aromatic N) is 6. The molecule has 7 nitrogen and oxygen atoms in total. The van der Waals surface area contributed by atoms with Crippen LogP contribution >= 0.6 is 0 Å². The van der Waals surface area contributed by atoms with Gasteiger partial charge < -0.3 is 4.42 Å². The van der Waals surface area contributed by atoms with Crippen molar-refractivity contribution in [1.29, 1.82) is 0 Å². The molecule has 9 rings (SSSR count). The average molecular weight is 605 g/mol. The summed E-state index contributed by atoms with van der Waals surface area (Å²) in [4.78, 5) is 28.9. The molecule has 7 heteroatoms. The summed E-state index contributed by atoms with van der Waals surface area (Å²) in [7, 11) is 0. The zero-order chi connectivity index (χ0) is 31.2. The monoisotopic (exact) mass is 604 g/mol. The molecule has 0 atom stereocenters. The molecule has 0 N–H and O–H groups in total. The van der Waals surface area contributed by atoms with E-state index in [1.807, 2.05) is 121 Å². The van der Waals surface area contributed by atoms with Gasteiger partial charge in [-0.05, 0) is 41.5 Å². The molecule has 9 aromatic rings. The molecule has 0 saturated carbocycles. The van der Waals surface area contributed by atoms with E-state index >= 15 is 0 Å². The van der Waals surface area contributed by atoms with Gasteiger partial charge in [0.15, 0.2) is 23.3 Å². The lowest BCUT2D eigenvalue weighted by molar-refractivity contribution is 0.654. The smallest absolute Gasteiger partial charge is 0.227 e. The van der Waals surface area contributed by atoms with Crippen molar-refractivity contribution < 1.29 is 4.42 Å². The summed E-state index contributed by atoms with van der Waals surface area (Å²) < 4.78 is 6.01. The van der Waals surface area contributed by atoms with E-state index in [4.69, 9.17) is 29.3 Å². The first-order valence-corrected chi connectivity index (χ1v) is 15.3. The predicted molar refractivity (Wildman–Crippen MR) is 185 cm³/mol. The van der Waals surface area contributed by atoms with Crippen molar-refractivity contribution in [3.63, 3.8) is 0 Å². The van der Waals surface area contributed by atoms with Crippen LogP contribution in [0.3, 0.4) is 0 Å². The summed E-state index contributed by atoms with van der Waals surface area (Å²) >= 11 is 0. The van der Waals surface area contributed by atoms with E-state index in [1.54, 1.807) is 0 Å². The Balaban J connectivity index is 1.10. The van der Waals surface area contributed by atoms with E-state index < -0.39 is 0 Å². The van der Waals surface area contributed by atoms with Crippen LogP contribution in [0.1, 0.15) is 0 Å². The third-order valence-corrected chi connectivity index (χ3v) is 8.21. The van der Waals surface area contributed by atoms with Crippen molar-refractivity contribution in [3.8, 4) is 56.8 Å². The summed E-state index contributed by atoms with van der Waals surface area (Å²) in [6, 6.07) is 46.4. The molecule has 0 radical (unpaired) electrons. The van der Waals surface area contributed by atoms with Gasteiger partial charge in [0.2, 0.25) is 5.71 Å². The molecule has 0 unspecified atom stereocenters. The quantitative estimate of drug-likeness (QED) is 0.193. The zero-order valence-corrected chi connectivity index (χ0v) is 24.9. The molecule has 4 aromatic heterocycles. The summed E-state index contributed by atoms with van der Waals surface area (Å²) in [5, 5.41) is 2.95. The summed E-state index contributed by atoms with van der Waals surface area (Å²) in [5.41, 5.74) is 7.66. The van der Waals surface area contributed by atoms with Gasteiger partial charge in [-0.1, -0.05) is 109 Å². The number of benzene rings is 5. The molecule has 0 aliphatic heterocycles. The van der Waals surface area contributed by atoms with Crippen LogP contribution in [0.5, 0.6) is 0 Å². The van der Waals surface area contributed by atoms with E-state index in [2.05, 4.69) is 29.2 Å². The van der Waals surface area contributed by atoms with Crippen molar-refractivity contribution in [2.75, 3.05) is 0 Å². The predicted octanol–water partition coefficient (Wildman–Crippen LogP) is 9.44. The Morgan fingerprint density at radius 3 is 1.81 bits per heavy atom. The third-order valence-electron chi connectivity index (χ3n) is 8.21. The maximum atomic E-state index is 6.01. The lowest BCUT2D eigenvalue weighted by atomic mass is 10.0. The average Bonchev–Trinajstić information content (AvgIpc) is 3.53. The molecule has 0 bridgehead atoms. The number of hydrogen-bond acceptors (Lipinski definition) is 7. The number of fused-ring (bicyclic) bond motifs is 4. The number of furan rings is 1. The number of para-hydroxylation sites is 1. The van der Waals surface area contributed by atoms with Crippen molar-refractivity contribution in [2.45, 2.75) is 0 Å². The van der Waals surface area contributed by atoms with Gasteiger partial charge in [-0.2, -0.15) is 0 Å². The van der Waals surface area contributed by atoms with Gasteiger partial charge in [-0.3, -0.25) is 0 Å². The second-order valence-electron chi connectivity index (χ2n) is 11.2. The molecule has 0 spiro atoms. The fourth-order valence-corrected chi connectivity index (χ4v) is 5.83. The Morgan fingerprint density at radius 1 is 0.404 bits per heavy atom. The highest BCUT2D eigenvalue weighted by Crippen LogP contribution is 2.31. The topological polar surface area (TPSA) is 90.5 Å². The molecule has 0 aliphatic rings. The first-order valence-electron chi connectivity index (χ1n) is 15.3. The van der Waals surface area contributed by atoms with Gasteiger partial charge in [-0.15, -0.1) is 0 Å². The first-order chi connectivity index (χ1) is 23.2.